The van der Waals surface area contributed by atoms with Crippen LogP contribution >= 0.6 is 0 Å². The van der Waals surface area contributed by atoms with E-state index in [9.17, 15) is 22.7 Å². The molecule has 0 saturated heterocycles. The molecule has 1 aromatic carbocycles. The summed E-state index contributed by atoms with van der Waals surface area (Å²) in [7, 11) is 1.38. The van der Waals surface area contributed by atoms with Gasteiger partial charge in [-0.15, -0.1) is 0 Å². The summed E-state index contributed by atoms with van der Waals surface area (Å²) in [5.41, 5.74) is -3.35. The molecule has 0 saturated carbocycles. The summed E-state index contributed by atoms with van der Waals surface area (Å²) in [4.78, 5) is 0. The van der Waals surface area contributed by atoms with Crippen molar-refractivity contribution >= 4 is 0 Å². The first-order valence-corrected chi connectivity index (χ1v) is 9.47. The van der Waals surface area contributed by atoms with Gasteiger partial charge in [0.05, 0.1) is 7.11 Å². The molecule has 0 heterocycles. The Kier molecular flexibility index (Phi) is 8.30. The molecule has 1 unspecified atom stereocenters. The van der Waals surface area contributed by atoms with Gasteiger partial charge in [0.2, 0.25) is 0 Å². The van der Waals surface area contributed by atoms with E-state index in [2.05, 4.69) is 0 Å². The van der Waals surface area contributed by atoms with Crippen LogP contribution in [0.1, 0.15) is 58.9 Å². The molecule has 28 heavy (non-hydrogen) atoms. The standard InChI is InChI=1S/C20H24F4O2.C2H6/c1-18(2,16-11-15(21)9-10-17(16)26-3)13-19(25,20(22,23)24)12-14-7-5-4-6-8-14;1-2/h5,7-11,25H,4,6,12-13H2,1-3H3;1-2H3. The van der Waals surface area contributed by atoms with E-state index in [1.54, 1.807) is 32.1 Å². The van der Waals surface area contributed by atoms with Crippen LogP contribution in [-0.4, -0.2) is 24.0 Å². The van der Waals surface area contributed by atoms with E-state index < -0.39 is 35.9 Å². The first-order valence-electron chi connectivity index (χ1n) is 9.47. The van der Waals surface area contributed by atoms with Crippen LogP contribution in [0.5, 0.6) is 5.75 Å². The van der Waals surface area contributed by atoms with Gasteiger partial charge in [0, 0.05) is 12.0 Å². The van der Waals surface area contributed by atoms with Crippen molar-refractivity contribution in [2.24, 2.45) is 0 Å². The predicted octanol–water partition coefficient (Wildman–Crippen LogP) is 6.49. The molecule has 1 aliphatic carbocycles. The Balaban J connectivity index is 0.00000190. The molecular formula is C22H30F4O2. The van der Waals surface area contributed by atoms with Gasteiger partial charge in [0.25, 0.3) is 0 Å². The molecule has 1 atom stereocenters. The van der Waals surface area contributed by atoms with Gasteiger partial charge in [0.15, 0.2) is 5.60 Å². The fraction of sp³-hybridized carbons (Fsp3) is 0.545. The maximum atomic E-state index is 13.8. The Morgan fingerprint density at radius 3 is 2.25 bits per heavy atom. The van der Waals surface area contributed by atoms with Crippen LogP contribution in [-0.2, 0) is 5.41 Å². The molecule has 0 aliphatic heterocycles. The van der Waals surface area contributed by atoms with Crippen molar-refractivity contribution in [3.05, 3.63) is 53.4 Å². The third-order valence-electron chi connectivity index (χ3n) is 4.72. The molecular weight excluding hydrogens is 372 g/mol. The summed E-state index contributed by atoms with van der Waals surface area (Å²) in [6.45, 7) is 7.10. The van der Waals surface area contributed by atoms with Gasteiger partial charge in [-0.2, -0.15) is 13.2 Å². The lowest BCUT2D eigenvalue weighted by molar-refractivity contribution is -0.266. The highest BCUT2D eigenvalue weighted by Gasteiger charge is 2.56. The second-order valence-electron chi connectivity index (χ2n) is 7.37. The minimum Gasteiger partial charge on any atom is -0.496 e. The molecule has 0 amide bonds. The first kappa shape index (κ1) is 24.2. The van der Waals surface area contributed by atoms with E-state index in [0.717, 1.165) is 12.5 Å². The second-order valence-corrected chi connectivity index (χ2v) is 7.37. The summed E-state index contributed by atoms with van der Waals surface area (Å²) in [6.07, 6.45) is 0.593. The summed E-state index contributed by atoms with van der Waals surface area (Å²) in [5.74, 6) is -0.278. The van der Waals surface area contributed by atoms with Gasteiger partial charge >= 0.3 is 6.18 Å². The molecule has 0 spiro atoms. The van der Waals surface area contributed by atoms with E-state index in [4.69, 9.17) is 4.74 Å². The van der Waals surface area contributed by atoms with Crippen molar-refractivity contribution in [2.45, 2.75) is 70.6 Å². The minimum absolute atomic E-state index is 0.288. The number of methoxy groups -OCH3 is 1. The van der Waals surface area contributed by atoms with E-state index >= 15 is 0 Å². The lowest BCUT2D eigenvalue weighted by Crippen LogP contribution is -2.49. The van der Waals surface area contributed by atoms with Gasteiger partial charge in [-0.3, -0.25) is 0 Å². The highest BCUT2D eigenvalue weighted by atomic mass is 19.4. The third kappa shape index (κ3) is 5.84. The van der Waals surface area contributed by atoms with Crippen molar-refractivity contribution < 1.29 is 27.4 Å². The second kappa shape index (κ2) is 9.59. The number of ether oxygens (including phenoxy) is 1. The van der Waals surface area contributed by atoms with Crippen LogP contribution in [0.15, 0.2) is 42.0 Å². The SMILES string of the molecule is CC.COc1ccc(F)cc1C(C)(C)CC(O)(CC1=CCCC=C1)C(F)(F)F. The van der Waals surface area contributed by atoms with Crippen molar-refractivity contribution in [2.75, 3.05) is 7.11 Å². The summed E-state index contributed by atoms with van der Waals surface area (Å²) in [5, 5.41) is 10.6. The Morgan fingerprint density at radius 1 is 1.11 bits per heavy atom. The van der Waals surface area contributed by atoms with Crippen LogP contribution in [0, 0.1) is 5.82 Å². The number of rotatable bonds is 6. The Morgan fingerprint density at radius 2 is 1.75 bits per heavy atom. The zero-order valence-corrected chi connectivity index (χ0v) is 17.2. The van der Waals surface area contributed by atoms with E-state index in [0.29, 0.717) is 12.0 Å². The van der Waals surface area contributed by atoms with Crippen LogP contribution in [0.3, 0.4) is 0 Å². The maximum absolute atomic E-state index is 13.8. The quantitative estimate of drug-likeness (QED) is 0.551. The van der Waals surface area contributed by atoms with Crippen molar-refractivity contribution in [1.82, 2.24) is 0 Å². The molecule has 2 rings (SSSR count). The number of aliphatic hydroxyl groups is 1. The Hall–Kier alpha value is -1.82. The highest BCUT2D eigenvalue weighted by Crippen LogP contribution is 2.46. The molecule has 1 aliphatic rings. The molecule has 2 nitrogen and oxygen atoms in total. The van der Waals surface area contributed by atoms with Crippen molar-refractivity contribution in [3.63, 3.8) is 0 Å². The van der Waals surface area contributed by atoms with Crippen LogP contribution in [0.2, 0.25) is 0 Å². The number of halogens is 4. The molecule has 1 N–H and O–H groups in total. The normalized spacial score (nSPS) is 16.6. The monoisotopic (exact) mass is 402 g/mol. The van der Waals surface area contributed by atoms with Crippen molar-refractivity contribution in [3.8, 4) is 5.75 Å². The van der Waals surface area contributed by atoms with E-state index in [1.807, 2.05) is 13.8 Å². The average Bonchev–Trinajstić information content (AvgIpc) is 2.63. The Bertz CT molecular complexity index is 705. The fourth-order valence-electron chi connectivity index (χ4n) is 3.43. The summed E-state index contributed by atoms with van der Waals surface area (Å²) >= 11 is 0. The molecule has 6 heteroatoms. The van der Waals surface area contributed by atoms with Gasteiger partial charge in [-0.1, -0.05) is 45.9 Å². The smallest absolute Gasteiger partial charge is 0.417 e. The molecule has 158 valence electrons. The topological polar surface area (TPSA) is 29.5 Å². The van der Waals surface area contributed by atoms with Gasteiger partial charge < -0.3 is 9.84 Å². The number of benzene rings is 1. The molecule has 0 radical (unpaired) electrons. The van der Waals surface area contributed by atoms with E-state index in [1.165, 1.54) is 19.2 Å². The fourth-order valence-corrected chi connectivity index (χ4v) is 3.43. The third-order valence-corrected chi connectivity index (χ3v) is 4.72. The van der Waals surface area contributed by atoms with Gasteiger partial charge in [0.1, 0.15) is 11.6 Å². The Labute approximate surface area is 164 Å². The largest absolute Gasteiger partial charge is 0.496 e. The van der Waals surface area contributed by atoms with Crippen LogP contribution in [0.25, 0.3) is 0 Å². The molecule has 0 aromatic heterocycles. The van der Waals surface area contributed by atoms with E-state index in [-0.39, 0.29) is 11.3 Å². The maximum Gasteiger partial charge on any atom is 0.417 e. The number of allylic oxidation sites excluding steroid dienone is 3. The zero-order chi connectivity index (χ0) is 21.6. The van der Waals surface area contributed by atoms with Gasteiger partial charge in [-0.05, 0) is 48.4 Å². The van der Waals surface area contributed by atoms with Crippen LogP contribution in [0.4, 0.5) is 17.6 Å². The molecule has 1 aromatic rings. The zero-order valence-electron chi connectivity index (χ0n) is 17.2. The first-order chi connectivity index (χ1) is 13.0. The lowest BCUT2D eigenvalue weighted by atomic mass is 9.72. The minimum atomic E-state index is -4.82. The lowest BCUT2D eigenvalue weighted by Gasteiger charge is -2.39. The average molecular weight is 402 g/mol. The number of hydrogen-bond donors (Lipinski definition) is 1. The number of alkyl halides is 3. The van der Waals surface area contributed by atoms with Crippen molar-refractivity contribution in [1.29, 1.82) is 0 Å². The molecule has 0 fully saturated rings. The van der Waals surface area contributed by atoms with Crippen LogP contribution < -0.4 is 4.74 Å². The van der Waals surface area contributed by atoms with Gasteiger partial charge in [-0.25, -0.2) is 4.39 Å². The highest BCUT2D eigenvalue weighted by molar-refractivity contribution is 5.40. The molecule has 0 bridgehead atoms. The predicted molar refractivity (Wildman–Crippen MR) is 104 cm³/mol. The summed E-state index contributed by atoms with van der Waals surface area (Å²) < 4.78 is 60.2. The number of hydrogen-bond acceptors (Lipinski definition) is 2. The summed E-state index contributed by atoms with van der Waals surface area (Å²) in [6, 6.07) is 3.73.